The quantitative estimate of drug-likeness (QED) is 0.317. The molecule has 0 amide bonds. The Hall–Kier alpha value is -4.07. The topological polar surface area (TPSA) is 109 Å². The largest absolute Gasteiger partial charge is 0.439 e. The number of benzene rings is 2. The number of hydrogen-bond donors (Lipinski definition) is 0. The first kappa shape index (κ1) is 19.7. The first-order valence-corrected chi connectivity index (χ1v) is 8.56. The number of hydrogen-bond acceptors (Lipinski definition) is 7. The summed E-state index contributed by atoms with van der Waals surface area (Å²) >= 11 is 0. The Morgan fingerprint density at radius 1 is 0.793 bits per heavy atom. The van der Waals surface area contributed by atoms with Crippen molar-refractivity contribution in [2.45, 2.75) is 13.8 Å². The van der Waals surface area contributed by atoms with Crippen LogP contribution in [0.25, 0.3) is 0 Å². The summed E-state index contributed by atoms with van der Waals surface area (Å²) in [6.07, 6.45) is 0. The van der Waals surface area contributed by atoms with Crippen LogP contribution in [0.15, 0.2) is 60.7 Å². The van der Waals surface area contributed by atoms with E-state index in [-0.39, 0.29) is 34.8 Å². The zero-order chi connectivity index (χ0) is 21.0. The Balaban J connectivity index is 1.86. The van der Waals surface area contributed by atoms with E-state index in [0.29, 0.717) is 16.9 Å². The zero-order valence-corrected chi connectivity index (χ0v) is 15.6. The Morgan fingerprint density at radius 2 is 1.28 bits per heavy atom. The van der Waals surface area contributed by atoms with Crippen LogP contribution >= 0.6 is 0 Å². The van der Waals surface area contributed by atoms with Crippen LogP contribution in [0.5, 0.6) is 23.3 Å². The number of carbonyl (C=O) groups excluding carboxylic acids is 2. The fraction of sp³-hybridized carbons (Fsp3) is 0.0952. The fourth-order valence-corrected chi connectivity index (χ4v) is 2.43. The highest BCUT2D eigenvalue weighted by atomic mass is 16.6. The SMILES string of the molecule is CC(=O)c1ccc(Oc2ccc([N+](=O)[O-])c(Oc3ccc(C(C)=O)cc3)n2)cc1. The van der Waals surface area contributed by atoms with Crippen molar-refractivity contribution in [1.82, 2.24) is 4.98 Å². The van der Waals surface area contributed by atoms with Crippen molar-refractivity contribution in [3.05, 3.63) is 81.9 Å². The third-order valence-electron chi connectivity index (χ3n) is 3.97. The van der Waals surface area contributed by atoms with Gasteiger partial charge >= 0.3 is 11.6 Å². The lowest BCUT2D eigenvalue weighted by Gasteiger charge is -2.09. The van der Waals surface area contributed by atoms with E-state index in [4.69, 9.17) is 9.47 Å². The molecule has 29 heavy (non-hydrogen) atoms. The van der Waals surface area contributed by atoms with E-state index in [1.807, 2.05) is 0 Å². The van der Waals surface area contributed by atoms with E-state index in [1.165, 1.54) is 38.1 Å². The molecule has 2 aromatic carbocycles. The molecule has 3 aromatic rings. The van der Waals surface area contributed by atoms with Gasteiger partial charge in [-0.15, -0.1) is 0 Å². The molecule has 8 nitrogen and oxygen atoms in total. The number of aromatic nitrogens is 1. The molecule has 0 atom stereocenters. The standard InChI is InChI=1S/C21H16N2O6/c1-13(24)15-3-7-17(8-4-15)28-20-12-11-19(23(26)27)21(22-20)29-18-9-5-16(6-10-18)14(2)25/h3-12H,1-2H3. The van der Waals surface area contributed by atoms with Crippen molar-refractivity contribution in [3.63, 3.8) is 0 Å². The van der Waals surface area contributed by atoms with Crippen molar-refractivity contribution in [2.24, 2.45) is 0 Å². The monoisotopic (exact) mass is 392 g/mol. The van der Waals surface area contributed by atoms with Crippen LogP contribution in [-0.2, 0) is 0 Å². The van der Waals surface area contributed by atoms with Gasteiger partial charge in [-0.3, -0.25) is 19.7 Å². The molecule has 0 aliphatic heterocycles. The Bertz CT molecular complexity index is 1080. The number of nitrogens with zero attached hydrogens (tertiary/aromatic N) is 2. The van der Waals surface area contributed by atoms with Crippen LogP contribution in [0.4, 0.5) is 5.69 Å². The van der Waals surface area contributed by atoms with Crippen LogP contribution in [0.1, 0.15) is 34.6 Å². The molecule has 0 saturated heterocycles. The van der Waals surface area contributed by atoms with Gasteiger partial charge in [-0.2, -0.15) is 4.98 Å². The summed E-state index contributed by atoms with van der Waals surface area (Å²) in [5.74, 6) is 0.356. The molecule has 8 heteroatoms. The highest BCUT2D eigenvalue weighted by Crippen LogP contribution is 2.33. The molecule has 0 bridgehead atoms. The molecule has 0 aliphatic rings. The van der Waals surface area contributed by atoms with Crippen molar-refractivity contribution in [1.29, 1.82) is 0 Å². The van der Waals surface area contributed by atoms with Crippen molar-refractivity contribution >= 4 is 17.3 Å². The van der Waals surface area contributed by atoms with Crippen LogP contribution < -0.4 is 9.47 Å². The lowest BCUT2D eigenvalue weighted by molar-refractivity contribution is -0.386. The maximum atomic E-state index is 11.4. The number of pyridine rings is 1. The second-order valence-electron chi connectivity index (χ2n) is 6.10. The van der Waals surface area contributed by atoms with E-state index in [2.05, 4.69) is 4.98 Å². The minimum absolute atomic E-state index is 0.0727. The molecule has 0 saturated carbocycles. The van der Waals surface area contributed by atoms with E-state index in [0.717, 1.165) is 0 Å². The second kappa shape index (κ2) is 8.30. The lowest BCUT2D eigenvalue weighted by Crippen LogP contribution is -1.98. The summed E-state index contributed by atoms with van der Waals surface area (Å²) in [4.78, 5) is 37.5. The summed E-state index contributed by atoms with van der Waals surface area (Å²) in [5.41, 5.74) is 0.692. The molecular formula is C21H16N2O6. The third-order valence-corrected chi connectivity index (χ3v) is 3.97. The lowest BCUT2D eigenvalue weighted by atomic mass is 10.1. The average molecular weight is 392 g/mol. The minimum atomic E-state index is -0.613. The molecule has 1 aromatic heterocycles. The van der Waals surface area contributed by atoms with Gasteiger partial charge in [0.2, 0.25) is 5.88 Å². The van der Waals surface area contributed by atoms with Gasteiger partial charge < -0.3 is 9.47 Å². The zero-order valence-electron chi connectivity index (χ0n) is 15.6. The summed E-state index contributed by atoms with van der Waals surface area (Å²) in [7, 11) is 0. The first-order valence-electron chi connectivity index (χ1n) is 8.56. The molecule has 0 radical (unpaired) electrons. The van der Waals surface area contributed by atoms with Crippen LogP contribution in [0.3, 0.4) is 0 Å². The molecule has 3 rings (SSSR count). The number of ether oxygens (including phenoxy) is 2. The second-order valence-corrected chi connectivity index (χ2v) is 6.10. The van der Waals surface area contributed by atoms with Crippen molar-refractivity contribution < 1.29 is 24.0 Å². The third kappa shape index (κ3) is 4.81. The number of rotatable bonds is 7. The summed E-state index contributed by atoms with van der Waals surface area (Å²) < 4.78 is 11.2. The van der Waals surface area contributed by atoms with E-state index >= 15 is 0 Å². The average Bonchev–Trinajstić information content (AvgIpc) is 2.69. The van der Waals surface area contributed by atoms with Gasteiger partial charge in [0.1, 0.15) is 11.5 Å². The molecule has 0 N–H and O–H groups in total. The van der Waals surface area contributed by atoms with Gasteiger partial charge in [-0.1, -0.05) is 0 Å². The van der Waals surface area contributed by atoms with Crippen LogP contribution in [0.2, 0.25) is 0 Å². The van der Waals surface area contributed by atoms with Gasteiger partial charge in [0, 0.05) is 23.3 Å². The van der Waals surface area contributed by atoms with Gasteiger partial charge in [-0.25, -0.2) is 0 Å². The molecule has 1 heterocycles. The van der Waals surface area contributed by atoms with E-state index < -0.39 is 4.92 Å². The minimum Gasteiger partial charge on any atom is -0.439 e. The van der Waals surface area contributed by atoms with Crippen LogP contribution in [0, 0.1) is 10.1 Å². The van der Waals surface area contributed by atoms with Gasteiger partial charge in [0.15, 0.2) is 11.6 Å². The highest BCUT2D eigenvalue weighted by Gasteiger charge is 2.19. The Labute approximate surface area is 165 Å². The van der Waals surface area contributed by atoms with E-state index in [9.17, 15) is 19.7 Å². The Morgan fingerprint density at radius 3 is 1.72 bits per heavy atom. The van der Waals surface area contributed by atoms with Crippen molar-refractivity contribution in [3.8, 4) is 23.3 Å². The van der Waals surface area contributed by atoms with Gasteiger partial charge in [0.05, 0.1) is 4.92 Å². The Kier molecular flexibility index (Phi) is 5.64. The van der Waals surface area contributed by atoms with E-state index in [1.54, 1.807) is 36.4 Å². The van der Waals surface area contributed by atoms with Crippen LogP contribution in [-0.4, -0.2) is 21.5 Å². The molecule has 0 spiro atoms. The predicted octanol–water partition coefficient (Wildman–Crippen LogP) is 4.98. The number of Topliss-reactive ketones (excluding diaryl/α,β-unsaturated/α-hetero) is 2. The number of ketones is 2. The molecular weight excluding hydrogens is 376 g/mol. The van der Waals surface area contributed by atoms with Gasteiger partial charge in [0.25, 0.3) is 0 Å². The fourth-order valence-electron chi connectivity index (χ4n) is 2.43. The smallest absolute Gasteiger partial charge is 0.331 e. The summed E-state index contributed by atoms with van der Waals surface area (Å²) in [6.45, 7) is 2.90. The summed E-state index contributed by atoms with van der Waals surface area (Å²) in [6, 6.07) is 15.1. The van der Waals surface area contributed by atoms with Gasteiger partial charge in [-0.05, 0) is 62.4 Å². The maximum absolute atomic E-state index is 11.4. The molecule has 0 fully saturated rings. The maximum Gasteiger partial charge on any atom is 0.331 e. The predicted molar refractivity (Wildman–Crippen MR) is 104 cm³/mol. The summed E-state index contributed by atoms with van der Waals surface area (Å²) in [5, 5.41) is 11.3. The number of nitro groups is 1. The normalized spacial score (nSPS) is 10.3. The highest BCUT2D eigenvalue weighted by molar-refractivity contribution is 5.94. The number of carbonyl (C=O) groups is 2. The molecule has 0 aliphatic carbocycles. The molecule has 0 unspecified atom stereocenters. The first-order chi connectivity index (χ1) is 13.8. The van der Waals surface area contributed by atoms with Crippen molar-refractivity contribution in [2.75, 3.05) is 0 Å². The molecule has 146 valence electrons.